The molecule has 0 atom stereocenters. The fourth-order valence-corrected chi connectivity index (χ4v) is 2.74. The minimum atomic E-state index is -0.0533. The fourth-order valence-electron chi connectivity index (χ4n) is 2.74. The summed E-state index contributed by atoms with van der Waals surface area (Å²) in [5.74, 6) is 1.31. The molecule has 0 aromatic heterocycles. The average molecular weight is 298 g/mol. The van der Waals surface area contributed by atoms with E-state index in [0.717, 1.165) is 22.3 Å². The maximum atomic E-state index is 10.3. The van der Waals surface area contributed by atoms with Gasteiger partial charge in [0.1, 0.15) is 11.5 Å². The summed E-state index contributed by atoms with van der Waals surface area (Å²) in [5.41, 5.74) is 3.93. The molecular weight excluding hydrogens is 272 g/mol. The van der Waals surface area contributed by atoms with Crippen LogP contribution in [0.3, 0.4) is 0 Å². The number of phenolic OH excluding ortho intramolecular Hbond substituents is 2. The Kier molecular flexibility index (Phi) is 4.80. The lowest BCUT2D eigenvalue weighted by molar-refractivity contribution is 0.455. The maximum absolute atomic E-state index is 10.3. The highest BCUT2D eigenvalue weighted by Crippen LogP contribution is 2.37. The van der Waals surface area contributed by atoms with Crippen LogP contribution in [0.5, 0.6) is 11.5 Å². The van der Waals surface area contributed by atoms with Crippen LogP contribution in [0.25, 0.3) is 0 Å². The first-order valence-corrected chi connectivity index (χ1v) is 7.96. The molecule has 0 unspecified atom stereocenters. The average Bonchev–Trinajstić information content (AvgIpc) is 2.46. The summed E-state index contributed by atoms with van der Waals surface area (Å²) in [6, 6.07) is 11.7. The topological polar surface area (TPSA) is 40.5 Å². The van der Waals surface area contributed by atoms with E-state index in [0.29, 0.717) is 23.3 Å². The molecule has 2 heteroatoms. The summed E-state index contributed by atoms with van der Waals surface area (Å²) >= 11 is 0. The number of benzene rings is 2. The third-order valence-corrected chi connectivity index (χ3v) is 4.38. The molecule has 0 bridgehead atoms. The molecule has 2 nitrogen and oxygen atoms in total. The number of hydrogen-bond donors (Lipinski definition) is 2. The van der Waals surface area contributed by atoms with Gasteiger partial charge in [0.2, 0.25) is 0 Å². The Morgan fingerprint density at radius 2 is 1.00 bits per heavy atom. The second-order valence-electron chi connectivity index (χ2n) is 6.67. The second-order valence-corrected chi connectivity index (χ2v) is 6.67. The van der Waals surface area contributed by atoms with Crippen LogP contribution in [0.2, 0.25) is 0 Å². The SMILES string of the molecule is CC(C)c1ccc(C(C)c2ccc(C(C)C)cc2O)c(O)c1. The molecule has 0 radical (unpaired) electrons. The quantitative estimate of drug-likeness (QED) is 0.782. The molecule has 0 heterocycles. The summed E-state index contributed by atoms with van der Waals surface area (Å²) in [4.78, 5) is 0. The Hall–Kier alpha value is -1.96. The standard InChI is InChI=1S/C20H26O2/c1-12(2)15-6-8-17(19(21)10-15)14(5)18-9-7-16(13(3)4)11-20(18)22/h6-14,21-22H,1-5H3. The van der Waals surface area contributed by atoms with Gasteiger partial charge in [-0.05, 0) is 35.1 Å². The van der Waals surface area contributed by atoms with E-state index < -0.39 is 0 Å². The molecule has 2 aromatic carbocycles. The number of aromatic hydroxyl groups is 2. The van der Waals surface area contributed by atoms with Crippen molar-refractivity contribution in [2.45, 2.75) is 52.4 Å². The van der Waals surface area contributed by atoms with Gasteiger partial charge in [-0.1, -0.05) is 58.9 Å². The number of hydrogen-bond acceptors (Lipinski definition) is 2. The Morgan fingerprint density at radius 1 is 0.636 bits per heavy atom. The van der Waals surface area contributed by atoms with Crippen LogP contribution in [0.1, 0.15) is 74.6 Å². The monoisotopic (exact) mass is 298 g/mol. The lowest BCUT2D eigenvalue weighted by Gasteiger charge is -2.18. The van der Waals surface area contributed by atoms with E-state index in [1.165, 1.54) is 0 Å². The zero-order valence-electron chi connectivity index (χ0n) is 14.1. The van der Waals surface area contributed by atoms with E-state index >= 15 is 0 Å². The predicted molar refractivity (Wildman–Crippen MR) is 91.9 cm³/mol. The van der Waals surface area contributed by atoms with Crippen LogP contribution in [-0.4, -0.2) is 10.2 Å². The molecule has 2 rings (SSSR count). The van der Waals surface area contributed by atoms with E-state index in [-0.39, 0.29) is 5.92 Å². The molecule has 2 aromatic rings. The van der Waals surface area contributed by atoms with Crippen molar-refractivity contribution in [1.82, 2.24) is 0 Å². The van der Waals surface area contributed by atoms with Crippen LogP contribution >= 0.6 is 0 Å². The summed E-state index contributed by atoms with van der Waals surface area (Å²) in [6.07, 6.45) is 0. The van der Waals surface area contributed by atoms with E-state index in [1.54, 1.807) is 0 Å². The van der Waals surface area contributed by atoms with Gasteiger partial charge in [0, 0.05) is 17.0 Å². The maximum Gasteiger partial charge on any atom is 0.119 e. The smallest absolute Gasteiger partial charge is 0.119 e. The first kappa shape index (κ1) is 16.4. The first-order valence-electron chi connectivity index (χ1n) is 7.96. The van der Waals surface area contributed by atoms with Crippen LogP contribution in [-0.2, 0) is 0 Å². The molecule has 118 valence electrons. The number of rotatable bonds is 4. The van der Waals surface area contributed by atoms with Gasteiger partial charge in [-0.25, -0.2) is 0 Å². The predicted octanol–water partition coefficient (Wildman–Crippen LogP) is 5.50. The molecule has 0 amide bonds. The molecule has 0 aliphatic rings. The van der Waals surface area contributed by atoms with Gasteiger partial charge in [0.25, 0.3) is 0 Å². The Morgan fingerprint density at radius 3 is 1.27 bits per heavy atom. The molecule has 2 N–H and O–H groups in total. The third kappa shape index (κ3) is 3.27. The fraction of sp³-hybridized carbons (Fsp3) is 0.400. The molecule has 0 saturated heterocycles. The van der Waals surface area contributed by atoms with E-state index in [1.807, 2.05) is 31.2 Å². The van der Waals surface area contributed by atoms with Crippen molar-refractivity contribution < 1.29 is 10.2 Å². The Balaban J connectivity index is 2.38. The Bertz CT molecular complexity index is 599. The van der Waals surface area contributed by atoms with Gasteiger partial charge in [-0.2, -0.15) is 0 Å². The summed E-state index contributed by atoms with van der Waals surface area (Å²) in [5, 5.41) is 20.6. The number of phenols is 2. The van der Waals surface area contributed by atoms with E-state index in [2.05, 4.69) is 39.8 Å². The zero-order chi connectivity index (χ0) is 16.4. The molecule has 22 heavy (non-hydrogen) atoms. The molecule has 0 aliphatic carbocycles. The van der Waals surface area contributed by atoms with Crippen molar-refractivity contribution in [1.29, 1.82) is 0 Å². The van der Waals surface area contributed by atoms with Gasteiger partial charge < -0.3 is 10.2 Å². The van der Waals surface area contributed by atoms with E-state index in [4.69, 9.17) is 0 Å². The zero-order valence-corrected chi connectivity index (χ0v) is 14.1. The van der Waals surface area contributed by atoms with Gasteiger partial charge >= 0.3 is 0 Å². The van der Waals surface area contributed by atoms with Crippen LogP contribution in [0, 0.1) is 0 Å². The van der Waals surface area contributed by atoms with Crippen molar-refractivity contribution in [2.75, 3.05) is 0 Å². The van der Waals surface area contributed by atoms with Gasteiger partial charge in [-0.3, -0.25) is 0 Å². The largest absolute Gasteiger partial charge is 0.508 e. The molecular formula is C20H26O2. The van der Waals surface area contributed by atoms with Crippen LogP contribution < -0.4 is 0 Å². The molecule has 0 saturated carbocycles. The van der Waals surface area contributed by atoms with Crippen molar-refractivity contribution in [3.8, 4) is 11.5 Å². The Labute approximate surface area is 133 Å². The van der Waals surface area contributed by atoms with Crippen molar-refractivity contribution >= 4 is 0 Å². The molecule has 0 spiro atoms. The van der Waals surface area contributed by atoms with Gasteiger partial charge in [0.15, 0.2) is 0 Å². The van der Waals surface area contributed by atoms with Crippen molar-refractivity contribution in [2.24, 2.45) is 0 Å². The van der Waals surface area contributed by atoms with Crippen molar-refractivity contribution in [3.63, 3.8) is 0 Å². The van der Waals surface area contributed by atoms with Gasteiger partial charge in [-0.15, -0.1) is 0 Å². The van der Waals surface area contributed by atoms with Gasteiger partial charge in [0.05, 0.1) is 0 Å². The lowest BCUT2D eigenvalue weighted by atomic mass is 9.88. The van der Waals surface area contributed by atoms with Crippen LogP contribution in [0.4, 0.5) is 0 Å². The second kappa shape index (κ2) is 6.43. The molecule has 0 fully saturated rings. The van der Waals surface area contributed by atoms with E-state index in [9.17, 15) is 10.2 Å². The lowest BCUT2D eigenvalue weighted by Crippen LogP contribution is -1.99. The minimum absolute atomic E-state index is 0.0533. The highest BCUT2D eigenvalue weighted by molar-refractivity contribution is 5.48. The summed E-state index contributed by atoms with van der Waals surface area (Å²) in [6.45, 7) is 10.4. The molecule has 0 aliphatic heterocycles. The highest BCUT2D eigenvalue weighted by atomic mass is 16.3. The van der Waals surface area contributed by atoms with Crippen LogP contribution in [0.15, 0.2) is 36.4 Å². The summed E-state index contributed by atoms with van der Waals surface area (Å²) in [7, 11) is 0. The normalized spacial score (nSPS) is 11.6. The summed E-state index contributed by atoms with van der Waals surface area (Å²) < 4.78 is 0. The highest BCUT2D eigenvalue weighted by Gasteiger charge is 2.17. The minimum Gasteiger partial charge on any atom is -0.508 e. The third-order valence-electron chi connectivity index (χ3n) is 4.38. The first-order chi connectivity index (χ1) is 10.3. The van der Waals surface area contributed by atoms with Crippen molar-refractivity contribution in [3.05, 3.63) is 58.7 Å².